The number of fused-ring (bicyclic) bond motifs is 1. The van der Waals surface area contributed by atoms with Gasteiger partial charge in [-0.15, -0.1) is 11.3 Å². The Labute approximate surface area is 201 Å². The van der Waals surface area contributed by atoms with Gasteiger partial charge in [0, 0.05) is 53.2 Å². The maximum atomic E-state index is 13.8. The summed E-state index contributed by atoms with van der Waals surface area (Å²) in [4.78, 5) is 11.1. The number of aliphatic hydroxyl groups is 1. The molecule has 0 amide bonds. The number of nitrogens with zero attached hydrogens (tertiary/aromatic N) is 5. The molecule has 0 saturated carbocycles. The molecule has 3 aromatic rings. The van der Waals surface area contributed by atoms with E-state index in [9.17, 15) is 18.3 Å². The molecule has 0 spiro atoms. The molecule has 34 heavy (non-hydrogen) atoms. The molecule has 12 heteroatoms. The van der Waals surface area contributed by atoms with Gasteiger partial charge in [-0.2, -0.15) is 13.9 Å². The van der Waals surface area contributed by atoms with Crippen molar-refractivity contribution in [2.45, 2.75) is 24.6 Å². The molecule has 2 aliphatic heterocycles. The molecular weight excluding hydrogens is 491 g/mol. The summed E-state index contributed by atoms with van der Waals surface area (Å²) in [5, 5.41) is 17.9. The van der Waals surface area contributed by atoms with Crippen LogP contribution in [0.25, 0.3) is 5.57 Å². The SMILES string of the molecule is COC[C@]1(O)CC2=C(c3ccn(C(F)F)n3)[C@H](c3ccc(F)cc3Cl)N=C(c3nccs3)N2C1. The Morgan fingerprint density at radius 1 is 1.35 bits per heavy atom. The van der Waals surface area contributed by atoms with Gasteiger partial charge in [0.05, 0.1) is 18.8 Å². The van der Waals surface area contributed by atoms with E-state index in [1.165, 1.54) is 48.9 Å². The predicted octanol–water partition coefficient (Wildman–Crippen LogP) is 4.52. The lowest BCUT2D eigenvalue weighted by atomic mass is 9.91. The summed E-state index contributed by atoms with van der Waals surface area (Å²) in [5.41, 5.74) is 0.632. The van der Waals surface area contributed by atoms with E-state index in [0.717, 1.165) is 0 Å². The van der Waals surface area contributed by atoms with Gasteiger partial charge in [0.15, 0.2) is 10.8 Å². The fraction of sp³-hybridized carbons (Fsp3) is 0.318. The number of amidine groups is 1. The summed E-state index contributed by atoms with van der Waals surface area (Å²) in [6.45, 7) is -2.61. The van der Waals surface area contributed by atoms with Crippen molar-refractivity contribution in [2.75, 3.05) is 20.3 Å². The van der Waals surface area contributed by atoms with Crippen LogP contribution in [0.5, 0.6) is 0 Å². The first-order chi connectivity index (χ1) is 16.3. The second-order valence-corrected chi connectivity index (χ2v) is 9.40. The highest BCUT2D eigenvalue weighted by Crippen LogP contribution is 2.48. The number of aliphatic imine (C=N–C) groups is 1. The highest BCUT2D eigenvalue weighted by molar-refractivity contribution is 7.11. The van der Waals surface area contributed by atoms with Crippen LogP contribution < -0.4 is 0 Å². The Kier molecular flexibility index (Phi) is 5.96. The van der Waals surface area contributed by atoms with E-state index in [1.807, 2.05) is 4.90 Å². The van der Waals surface area contributed by atoms with E-state index in [-0.39, 0.29) is 30.3 Å². The largest absolute Gasteiger partial charge is 0.385 e. The van der Waals surface area contributed by atoms with Crippen LogP contribution in [-0.4, -0.2) is 56.5 Å². The summed E-state index contributed by atoms with van der Waals surface area (Å²) >= 11 is 7.79. The zero-order chi connectivity index (χ0) is 24.0. The van der Waals surface area contributed by atoms with Crippen LogP contribution in [0.15, 0.2) is 52.7 Å². The number of halogens is 4. The molecule has 7 nitrogen and oxygen atoms in total. The van der Waals surface area contributed by atoms with Gasteiger partial charge in [0.25, 0.3) is 0 Å². The van der Waals surface area contributed by atoms with Gasteiger partial charge in [0.1, 0.15) is 17.5 Å². The van der Waals surface area contributed by atoms with Crippen molar-refractivity contribution < 1.29 is 23.0 Å². The van der Waals surface area contributed by atoms with Crippen molar-refractivity contribution >= 4 is 34.3 Å². The average molecular weight is 510 g/mol. The van der Waals surface area contributed by atoms with Gasteiger partial charge in [-0.3, -0.25) is 4.99 Å². The third-order valence-electron chi connectivity index (χ3n) is 5.74. The average Bonchev–Trinajstić information content (AvgIpc) is 3.53. The number of alkyl halides is 2. The molecule has 1 aromatic carbocycles. The van der Waals surface area contributed by atoms with Crippen LogP contribution in [0.2, 0.25) is 5.02 Å². The van der Waals surface area contributed by atoms with Crippen molar-refractivity contribution in [3.05, 3.63) is 74.8 Å². The van der Waals surface area contributed by atoms with Crippen molar-refractivity contribution in [1.29, 1.82) is 0 Å². The minimum Gasteiger partial charge on any atom is -0.385 e. The van der Waals surface area contributed by atoms with Crippen LogP contribution in [0, 0.1) is 5.82 Å². The fourth-order valence-corrected chi connectivity index (χ4v) is 5.32. The summed E-state index contributed by atoms with van der Waals surface area (Å²) in [6.07, 6.45) is 2.98. The lowest BCUT2D eigenvalue weighted by Crippen LogP contribution is -2.40. The van der Waals surface area contributed by atoms with Crippen LogP contribution in [0.1, 0.15) is 35.3 Å². The van der Waals surface area contributed by atoms with E-state index in [0.29, 0.717) is 32.4 Å². The lowest BCUT2D eigenvalue weighted by molar-refractivity contribution is -0.0187. The van der Waals surface area contributed by atoms with E-state index >= 15 is 0 Å². The number of benzene rings is 1. The van der Waals surface area contributed by atoms with E-state index in [1.54, 1.807) is 11.6 Å². The van der Waals surface area contributed by atoms with Crippen molar-refractivity contribution in [2.24, 2.45) is 4.99 Å². The first-order valence-corrected chi connectivity index (χ1v) is 11.5. The standard InChI is InChI=1S/C22H19ClF3N5O2S/c1-33-11-22(32)9-16-17(15-4-6-31(29-15)21(25)26)18(13-3-2-12(24)8-14(13)23)28-19(30(16)10-22)20-27-5-7-34-20/h2-8,18,21,32H,9-11H2,1H3/t18-,22-/m0/s1. The van der Waals surface area contributed by atoms with E-state index in [4.69, 9.17) is 21.3 Å². The minimum atomic E-state index is -2.82. The quantitative estimate of drug-likeness (QED) is 0.528. The molecule has 1 saturated heterocycles. The number of aromatic nitrogens is 3. The summed E-state index contributed by atoms with van der Waals surface area (Å²) in [7, 11) is 1.49. The third kappa shape index (κ3) is 4.02. The monoisotopic (exact) mass is 509 g/mol. The maximum absolute atomic E-state index is 13.8. The number of hydrogen-bond donors (Lipinski definition) is 1. The van der Waals surface area contributed by atoms with Gasteiger partial charge in [-0.05, 0) is 18.2 Å². The van der Waals surface area contributed by atoms with Gasteiger partial charge in [-0.1, -0.05) is 17.7 Å². The number of methoxy groups -OCH3 is 1. The Bertz CT molecular complexity index is 1280. The van der Waals surface area contributed by atoms with E-state index in [2.05, 4.69) is 10.1 Å². The first-order valence-electron chi connectivity index (χ1n) is 10.3. The zero-order valence-corrected chi connectivity index (χ0v) is 19.4. The molecular formula is C22H19ClF3N5O2S. The summed E-state index contributed by atoms with van der Waals surface area (Å²) in [6, 6.07) is 4.64. The Morgan fingerprint density at radius 2 is 2.18 bits per heavy atom. The second kappa shape index (κ2) is 8.81. The molecule has 4 heterocycles. The summed E-state index contributed by atoms with van der Waals surface area (Å²) < 4.78 is 46.3. The smallest absolute Gasteiger partial charge is 0.333 e. The molecule has 1 fully saturated rings. The summed E-state index contributed by atoms with van der Waals surface area (Å²) in [5.74, 6) is -0.0127. The van der Waals surface area contributed by atoms with Crippen LogP contribution >= 0.6 is 22.9 Å². The second-order valence-electron chi connectivity index (χ2n) is 8.10. The van der Waals surface area contributed by atoms with Crippen LogP contribution in [0.4, 0.5) is 13.2 Å². The minimum absolute atomic E-state index is 0.0544. The Hall–Kier alpha value is -2.73. The maximum Gasteiger partial charge on any atom is 0.333 e. The fourth-order valence-electron chi connectivity index (χ4n) is 4.41. The van der Waals surface area contributed by atoms with Crippen LogP contribution in [0.3, 0.4) is 0 Å². The molecule has 5 rings (SSSR count). The highest BCUT2D eigenvalue weighted by atomic mass is 35.5. The topological polar surface area (TPSA) is 75.8 Å². The number of rotatable bonds is 6. The molecule has 2 aliphatic rings. The van der Waals surface area contributed by atoms with Gasteiger partial charge in [0.2, 0.25) is 0 Å². The molecule has 0 unspecified atom stereocenters. The number of hydrogen-bond acceptors (Lipinski definition) is 7. The van der Waals surface area contributed by atoms with Gasteiger partial charge >= 0.3 is 6.55 Å². The zero-order valence-electron chi connectivity index (χ0n) is 17.8. The first kappa shape index (κ1) is 23.0. The Morgan fingerprint density at radius 3 is 2.82 bits per heavy atom. The van der Waals surface area contributed by atoms with Gasteiger partial charge < -0.3 is 14.7 Å². The number of ether oxygens (including phenoxy) is 1. The third-order valence-corrected chi connectivity index (χ3v) is 6.84. The normalized spacial score (nSPS) is 22.5. The highest BCUT2D eigenvalue weighted by Gasteiger charge is 2.47. The molecule has 1 N–H and O–H groups in total. The van der Waals surface area contributed by atoms with Crippen molar-refractivity contribution in [1.82, 2.24) is 19.7 Å². The lowest BCUT2D eigenvalue weighted by Gasteiger charge is -2.32. The predicted molar refractivity (Wildman–Crippen MR) is 121 cm³/mol. The number of thiazole rings is 1. The van der Waals surface area contributed by atoms with Crippen molar-refractivity contribution in [3.63, 3.8) is 0 Å². The Balaban J connectivity index is 1.74. The molecule has 2 atom stereocenters. The molecule has 178 valence electrons. The molecule has 0 aliphatic carbocycles. The van der Waals surface area contributed by atoms with Gasteiger partial charge in [-0.25, -0.2) is 14.1 Å². The molecule has 2 aromatic heterocycles. The van der Waals surface area contributed by atoms with E-state index < -0.39 is 24.0 Å². The molecule has 0 radical (unpaired) electrons. The van der Waals surface area contributed by atoms with Crippen molar-refractivity contribution in [3.8, 4) is 0 Å². The molecule has 0 bridgehead atoms. The van der Waals surface area contributed by atoms with Crippen LogP contribution in [-0.2, 0) is 4.74 Å².